The minimum Gasteiger partial charge on any atom is -0.481 e. The third kappa shape index (κ3) is 7.14. The first-order valence-electron chi connectivity index (χ1n) is 8.65. The molecule has 1 rings (SSSR count). The molecule has 9 heteroatoms. The van der Waals surface area contributed by atoms with Gasteiger partial charge >= 0.3 is 5.97 Å². The maximum atomic E-state index is 11.0. The van der Waals surface area contributed by atoms with Gasteiger partial charge in [-0.3, -0.25) is 4.79 Å². The molecule has 0 aromatic rings. The summed E-state index contributed by atoms with van der Waals surface area (Å²) in [6.07, 6.45) is -6.12. The molecule has 0 saturated carbocycles. The van der Waals surface area contributed by atoms with Crippen LogP contribution in [0.5, 0.6) is 0 Å². The molecule has 1 saturated heterocycles. The van der Waals surface area contributed by atoms with Gasteiger partial charge in [0.25, 0.3) is 0 Å². The van der Waals surface area contributed by atoms with Crippen LogP contribution in [0.4, 0.5) is 0 Å². The molecular formula is C16H30O9. The largest absolute Gasteiger partial charge is 0.481 e. The molecule has 1 heterocycles. The highest BCUT2D eigenvalue weighted by molar-refractivity contribution is 5.67. The van der Waals surface area contributed by atoms with Crippen molar-refractivity contribution >= 4 is 5.97 Å². The number of aliphatic hydroxyl groups is 5. The predicted octanol–water partition coefficient (Wildman–Crippen LogP) is -1.02. The molecule has 25 heavy (non-hydrogen) atoms. The van der Waals surface area contributed by atoms with Crippen LogP contribution in [-0.4, -0.2) is 86.1 Å². The Morgan fingerprint density at radius 1 is 1.16 bits per heavy atom. The Morgan fingerprint density at radius 2 is 1.84 bits per heavy atom. The standard InChI is InChI=1S/C16H30O9/c1-2-3-4-5-9(18)6-10(7-12(19)20)24-16-15(23)14(22)13(21)11(8-17)25-16/h9-11,13-18,21-23H,2-8H2,1H3,(H,19,20)/t9-,10-,11-,13+,14+,15+,16-/m0/s1. The number of aliphatic carboxylic acids is 1. The zero-order valence-electron chi connectivity index (χ0n) is 14.4. The lowest BCUT2D eigenvalue weighted by atomic mass is 9.99. The van der Waals surface area contributed by atoms with Gasteiger partial charge in [0, 0.05) is 6.42 Å². The Morgan fingerprint density at radius 3 is 2.40 bits per heavy atom. The molecule has 0 aromatic carbocycles. The van der Waals surface area contributed by atoms with E-state index in [2.05, 4.69) is 0 Å². The van der Waals surface area contributed by atoms with Gasteiger partial charge in [0.05, 0.1) is 25.2 Å². The Balaban J connectivity index is 2.67. The maximum Gasteiger partial charge on any atom is 0.305 e. The van der Waals surface area contributed by atoms with Crippen LogP contribution in [0.1, 0.15) is 45.4 Å². The summed E-state index contributed by atoms with van der Waals surface area (Å²) in [4.78, 5) is 11.0. The van der Waals surface area contributed by atoms with E-state index in [1.807, 2.05) is 6.92 Å². The fourth-order valence-corrected chi connectivity index (χ4v) is 2.80. The molecule has 1 fully saturated rings. The highest BCUT2D eigenvalue weighted by atomic mass is 16.7. The summed E-state index contributed by atoms with van der Waals surface area (Å²) in [7, 11) is 0. The van der Waals surface area contributed by atoms with Crippen LogP contribution in [0.25, 0.3) is 0 Å². The number of carboxylic acids is 1. The van der Waals surface area contributed by atoms with E-state index >= 15 is 0 Å². The zero-order chi connectivity index (χ0) is 19.0. The van der Waals surface area contributed by atoms with Gasteiger partial charge in [0.2, 0.25) is 0 Å². The topological polar surface area (TPSA) is 157 Å². The Labute approximate surface area is 146 Å². The van der Waals surface area contributed by atoms with Crippen LogP contribution in [-0.2, 0) is 14.3 Å². The number of hydrogen-bond donors (Lipinski definition) is 6. The van der Waals surface area contributed by atoms with E-state index in [-0.39, 0.29) is 6.42 Å². The van der Waals surface area contributed by atoms with Gasteiger partial charge in [-0.1, -0.05) is 26.2 Å². The van der Waals surface area contributed by atoms with E-state index in [4.69, 9.17) is 19.7 Å². The normalized spacial score (nSPS) is 32.3. The number of hydrogen-bond acceptors (Lipinski definition) is 8. The summed E-state index contributed by atoms with van der Waals surface area (Å²) in [5, 5.41) is 57.7. The molecule has 0 aromatic heterocycles. The summed E-state index contributed by atoms with van der Waals surface area (Å²) in [6.45, 7) is 1.43. The van der Waals surface area contributed by atoms with Gasteiger partial charge < -0.3 is 40.1 Å². The molecule has 7 atom stereocenters. The van der Waals surface area contributed by atoms with Crippen LogP contribution in [0, 0.1) is 0 Å². The second-order valence-corrected chi connectivity index (χ2v) is 6.44. The summed E-state index contributed by atoms with van der Waals surface area (Å²) in [6, 6.07) is 0. The zero-order valence-corrected chi connectivity index (χ0v) is 14.4. The molecule has 0 radical (unpaired) electrons. The van der Waals surface area contributed by atoms with Crippen molar-refractivity contribution in [3.63, 3.8) is 0 Å². The minimum absolute atomic E-state index is 0.0328. The molecule has 0 bridgehead atoms. The predicted molar refractivity (Wildman–Crippen MR) is 85.7 cm³/mol. The Kier molecular flexibility index (Phi) is 9.80. The van der Waals surface area contributed by atoms with Gasteiger partial charge in [-0.25, -0.2) is 0 Å². The monoisotopic (exact) mass is 366 g/mol. The fourth-order valence-electron chi connectivity index (χ4n) is 2.80. The Bertz CT molecular complexity index is 390. The quantitative estimate of drug-likeness (QED) is 0.252. The second-order valence-electron chi connectivity index (χ2n) is 6.44. The van der Waals surface area contributed by atoms with E-state index in [0.717, 1.165) is 19.3 Å². The summed E-state index contributed by atoms with van der Waals surface area (Å²) >= 11 is 0. The molecule has 9 nitrogen and oxygen atoms in total. The van der Waals surface area contributed by atoms with Crippen LogP contribution < -0.4 is 0 Å². The van der Waals surface area contributed by atoms with Crippen molar-refractivity contribution in [1.29, 1.82) is 0 Å². The molecule has 1 aliphatic rings. The van der Waals surface area contributed by atoms with Crippen LogP contribution in [0.15, 0.2) is 0 Å². The highest BCUT2D eigenvalue weighted by Crippen LogP contribution is 2.25. The lowest BCUT2D eigenvalue weighted by Gasteiger charge is -2.40. The molecule has 148 valence electrons. The highest BCUT2D eigenvalue weighted by Gasteiger charge is 2.45. The summed E-state index contributed by atoms with van der Waals surface area (Å²) in [5.41, 5.74) is 0. The van der Waals surface area contributed by atoms with Crippen molar-refractivity contribution in [2.75, 3.05) is 6.61 Å². The van der Waals surface area contributed by atoms with Crippen molar-refractivity contribution in [3.05, 3.63) is 0 Å². The third-order valence-corrected chi connectivity index (χ3v) is 4.25. The number of unbranched alkanes of at least 4 members (excludes halogenated alkanes) is 2. The minimum atomic E-state index is -1.61. The summed E-state index contributed by atoms with van der Waals surface area (Å²) < 4.78 is 10.7. The van der Waals surface area contributed by atoms with Gasteiger partial charge in [0.15, 0.2) is 6.29 Å². The average Bonchev–Trinajstić information content (AvgIpc) is 2.55. The number of rotatable bonds is 11. The summed E-state index contributed by atoms with van der Waals surface area (Å²) in [5.74, 6) is -1.14. The number of ether oxygens (including phenoxy) is 2. The van der Waals surface area contributed by atoms with Crippen LogP contribution >= 0.6 is 0 Å². The van der Waals surface area contributed by atoms with E-state index in [1.165, 1.54) is 0 Å². The van der Waals surface area contributed by atoms with Crippen molar-refractivity contribution in [1.82, 2.24) is 0 Å². The molecule has 0 spiro atoms. The first-order chi connectivity index (χ1) is 11.8. The molecule has 0 amide bonds. The van der Waals surface area contributed by atoms with Crippen LogP contribution in [0.3, 0.4) is 0 Å². The molecule has 0 aliphatic carbocycles. The fraction of sp³-hybridized carbons (Fsp3) is 0.938. The van der Waals surface area contributed by atoms with Crippen molar-refractivity contribution in [2.45, 2.75) is 88.4 Å². The number of carbonyl (C=O) groups is 1. The van der Waals surface area contributed by atoms with Gasteiger partial charge in [-0.15, -0.1) is 0 Å². The SMILES string of the molecule is CCCCC[C@H](O)C[C@@H](CC(=O)O)O[C@H]1O[C@@H](CO)[C@@H](O)[C@@H](O)[C@H]1O. The average molecular weight is 366 g/mol. The van der Waals surface area contributed by atoms with Crippen LogP contribution in [0.2, 0.25) is 0 Å². The van der Waals surface area contributed by atoms with Crippen molar-refractivity contribution in [2.24, 2.45) is 0 Å². The molecular weight excluding hydrogens is 336 g/mol. The van der Waals surface area contributed by atoms with E-state index in [9.17, 15) is 25.2 Å². The van der Waals surface area contributed by atoms with Crippen molar-refractivity contribution in [3.8, 4) is 0 Å². The smallest absolute Gasteiger partial charge is 0.305 e. The first kappa shape index (κ1) is 22.2. The van der Waals surface area contributed by atoms with Gasteiger partial charge in [-0.05, 0) is 6.42 Å². The third-order valence-electron chi connectivity index (χ3n) is 4.25. The maximum absolute atomic E-state index is 11.0. The van der Waals surface area contributed by atoms with Gasteiger partial charge in [0.1, 0.15) is 24.4 Å². The molecule has 6 N–H and O–H groups in total. The molecule has 1 aliphatic heterocycles. The van der Waals surface area contributed by atoms with E-state index < -0.39 is 61.9 Å². The lowest BCUT2D eigenvalue weighted by molar-refractivity contribution is -0.312. The second kappa shape index (κ2) is 11.0. The first-order valence-corrected chi connectivity index (χ1v) is 8.65. The number of carboxylic acid groups (broad SMARTS) is 1. The van der Waals surface area contributed by atoms with E-state index in [0.29, 0.717) is 6.42 Å². The van der Waals surface area contributed by atoms with E-state index in [1.54, 1.807) is 0 Å². The molecule has 0 unspecified atom stereocenters. The Hall–Kier alpha value is -0.810. The van der Waals surface area contributed by atoms with Gasteiger partial charge in [-0.2, -0.15) is 0 Å². The number of aliphatic hydroxyl groups excluding tert-OH is 5. The lowest BCUT2D eigenvalue weighted by Crippen LogP contribution is -2.59. The van der Waals surface area contributed by atoms with Crippen molar-refractivity contribution < 1.29 is 44.9 Å².